The van der Waals surface area contributed by atoms with Gasteiger partial charge in [-0.1, -0.05) is 49.4 Å². The van der Waals surface area contributed by atoms with E-state index in [0.717, 1.165) is 41.3 Å². The lowest BCUT2D eigenvalue weighted by Gasteiger charge is -2.27. The lowest BCUT2D eigenvalue weighted by atomic mass is 9.94. The molecule has 1 fully saturated rings. The fourth-order valence-corrected chi connectivity index (χ4v) is 7.58. The molecule has 11 heteroatoms. The summed E-state index contributed by atoms with van der Waals surface area (Å²) in [5.74, 6) is -0.542. The van der Waals surface area contributed by atoms with Gasteiger partial charge >= 0.3 is 0 Å². The normalized spacial score (nSPS) is 14.1. The molecule has 0 bridgehead atoms. The Morgan fingerprint density at radius 3 is 2.36 bits per heavy atom. The highest BCUT2D eigenvalue weighted by atomic mass is 32.2. The molecule has 1 aromatic heterocycles. The molecule has 1 aliphatic carbocycles. The maximum Gasteiger partial charge on any atom is 0.233 e. The molecule has 1 saturated carbocycles. The number of aromatic nitrogens is 1. The number of carbonyl (C=O) groups excluding carboxylic acids is 2. The summed E-state index contributed by atoms with van der Waals surface area (Å²) < 4.78 is 31.9. The number of ketones is 1. The fraction of sp³-hybridized carbons (Fsp3) is 0.452. The van der Waals surface area contributed by atoms with Gasteiger partial charge in [0.1, 0.15) is 22.2 Å². The number of likely N-dealkylation sites (N-methyl/N-ethyl adjacent to an activating group) is 1. The van der Waals surface area contributed by atoms with E-state index in [2.05, 4.69) is 17.1 Å². The van der Waals surface area contributed by atoms with E-state index in [1.54, 1.807) is 21.0 Å². The molecule has 1 aliphatic rings. The standard InChI is InChI=1S/C31H39N3O6S2/c1-4-34(19-20-35)42(38,39)22-27(36)29-23(2)41-28(32-29)21-33(18-8-11-24-9-6-5-7-10-24)30(37)31(16-17-31)25-12-14-26(40-3)15-13-25/h5-7,9-10,12-15,35H,4,8,11,16-22H2,1-3H3. The first-order valence-electron chi connectivity index (χ1n) is 14.2. The number of rotatable bonds is 16. The minimum Gasteiger partial charge on any atom is -0.497 e. The average molecular weight is 614 g/mol. The highest BCUT2D eigenvalue weighted by molar-refractivity contribution is 7.89. The van der Waals surface area contributed by atoms with Crippen molar-refractivity contribution in [3.63, 3.8) is 0 Å². The lowest BCUT2D eigenvalue weighted by Crippen LogP contribution is -2.39. The van der Waals surface area contributed by atoms with E-state index in [1.807, 2.05) is 47.4 Å². The van der Waals surface area contributed by atoms with Crippen LogP contribution in [0.5, 0.6) is 5.75 Å². The molecule has 226 valence electrons. The number of thiazole rings is 1. The topological polar surface area (TPSA) is 117 Å². The average Bonchev–Trinajstić information content (AvgIpc) is 3.71. The van der Waals surface area contributed by atoms with E-state index in [-0.39, 0.29) is 37.8 Å². The molecule has 2 aromatic carbocycles. The number of nitrogens with zero attached hydrogens (tertiary/aromatic N) is 3. The van der Waals surface area contributed by atoms with Gasteiger partial charge in [-0.2, -0.15) is 4.31 Å². The molecule has 9 nitrogen and oxygen atoms in total. The molecule has 0 atom stereocenters. The fourth-order valence-electron chi connectivity index (χ4n) is 5.21. The Kier molecular flexibility index (Phi) is 10.5. The van der Waals surface area contributed by atoms with Gasteiger partial charge in [0.05, 0.1) is 25.7 Å². The number of sulfonamides is 1. The maximum atomic E-state index is 14.1. The molecule has 0 radical (unpaired) electrons. The van der Waals surface area contributed by atoms with E-state index < -0.39 is 27.0 Å². The Hall–Kier alpha value is -3.12. The second-order valence-electron chi connectivity index (χ2n) is 10.5. The number of aliphatic hydroxyl groups is 1. The number of methoxy groups -OCH3 is 1. The highest BCUT2D eigenvalue weighted by Crippen LogP contribution is 2.50. The molecule has 1 amide bonds. The summed E-state index contributed by atoms with van der Waals surface area (Å²) in [4.78, 5) is 34.2. The van der Waals surface area contributed by atoms with Crippen molar-refractivity contribution in [3.05, 3.63) is 81.3 Å². The summed E-state index contributed by atoms with van der Waals surface area (Å²) in [5, 5.41) is 9.80. The zero-order valence-electron chi connectivity index (χ0n) is 24.4. The van der Waals surface area contributed by atoms with Gasteiger partial charge in [0.2, 0.25) is 15.9 Å². The van der Waals surface area contributed by atoms with E-state index in [0.29, 0.717) is 16.4 Å². The molecule has 0 saturated heterocycles. The van der Waals surface area contributed by atoms with Gasteiger partial charge in [-0.3, -0.25) is 9.59 Å². The Bertz CT molecular complexity index is 1470. The monoisotopic (exact) mass is 613 g/mol. The lowest BCUT2D eigenvalue weighted by molar-refractivity contribution is -0.134. The first-order chi connectivity index (χ1) is 20.1. The number of carbonyl (C=O) groups is 2. The first kappa shape index (κ1) is 31.8. The van der Waals surface area contributed by atoms with Gasteiger partial charge in [-0.05, 0) is 55.9 Å². The molecule has 3 aromatic rings. The van der Waals surface area contributed by atoms with Crippen LogP contribution in [0.15, 0.2) is 54.6 Å². The van der Waals surface area contributed by atoms with Crippen LogP contribution < -0.4 is 4.74 Å². The van der Waals surface area contributed by atoms with Crippen LogP contribution in [-0.2, 0) is 33.2 Å². The van der Waals surface area contributed by atoms with Gasteiger partial charge in [-0.15, -0.1) is 11.3 Å². The van der Waals surface area contributed by atoms with Crippen molar-refractivity contribution in [2.75, 3.05) is 39.1 Å². The van der Waals surface area contributed by atoms with Crippen LogP contribution in [0, 0.1) is 6.92 Å². The van der Waals surface area contributed by atoms with Crippen LogP contribution in [0.3, 0.4) is 0 Å². The van der Waals surface area contributed by atoms with Gasteiger partial charge in [0.25, 0.3) is 0 Å². The molecular weight excluding hydrogens is 574 g/mol. The van der Waals surface area contributed by atoms with Crippen LogP contribution in [-0.4, -0.2) is 78.5 Å². The summed E-state index contributed by atoms with van der Waals surface area (Å²) in [6.45, 7) is 3.93. The number of aryl methyl sites for hydroxylation is 2. The molecule has 1 N–H and O–H groups in total. The molecule has 4 rings (SSSR count). The summed E-state index contributed by atoms with van der Waals surface area (Å²) in [6.07, 6.45) is 3.10. The number of benzene rings is 2. The van der Waals surface area contributed by atoms with Crippen molar-refractivity contribution in [2.45, 2.75) is 51.5 Å². The van der Waals surface area contributed by atoms with Gasteiger partial charge in [-0.25, -0.2) is 13.4 Å². The van der Waals surface area contributed by atoms with Gasteiger partial charge in [0, 0.05) is 24.5 Å². The van der Waals surface area contributed by atoms with Crippen molar-refractivity contribution in [2.24, 2.45) is 0 Å². The Morgan fingerprint density at radius 2 is 1.76 bits per heavy atom. The molecule has 42 heavy (non-hydrogen) atoms. The number of hydrogen-bond donors (Lipinski definition) is 1. The first-order valence-corrected chi connectivity index (χ1v) is 16.6. The predicted molar refractivity (Wildman–Crippen MR) is 163 cm³/mol. The van der Waals surface area contributed by atoms with Crippen molar-refractivity contribution in [1.29, 1.82) is 0 Å². The number of aliphatic hydroxyl groups excluding tert-OH is 1. The number of ether oxygens (including phenoxy) is 1. The zero-order valence-corrected chi connectivity index (χ0v) is 26.0. The molecule has 1 heterocycles. The third-order valence-electron chi connectivity index (χ3n) is 7.67. The second kappa shape index (κ2) is 13.9. The van der Waals surface area contributed by atoms with Crippen molar-refractivity contribution in [1.82, 2.24) is 14.2 Å². The molecule has 0 spiro atoms. The SMILES string of the molecule is CCN(CCO)S(=O)(=O)CC(=O)c1nc(CN(CCCc2ccccc2)C(=O)C2(c3ccc(OC)cc3)CC2)sc1C. The van der Waals surface area contributed by atoms with Crippen LogP contribution >= 0.6 is 11.3 Å². The molecular formula is C31H39N3O6S2. The van der Waals surface area contributed by atoms with E-state index in [9.17, 15) is 23.1 Å². The van der Waals surface area contributed by atoms with Crippen molar-refractivity contribution >= 4 is 33.1 Å². The van der Waals surface area contributed by atoms with Crippen molar-refractivity contribution < 1.29 is 27.9 Å². The smallest absolute Gasteiger partial charge is 0.233 e. The Morgan fingerprint density at radius 1 is 1.07 bits per heavy atom. The summed E-state index contributed by atoms with van der Waals surface area (Å²) >= 11 is 1.31. The third-order valence-corrected chi connectivity index (χ3v) is 10.5. The van der Waals surface area contributed by atoms with Gasteiger partial charge < -0.3 is 14.7 Å². The molecule has 0 aliphatic heterocycles. The zero-order chi connectivity index (χ0) is 30.3. The number of hydrogen-bond acceptors (Lipinski definition) is 8. The predicted octanol–water partition coefficient (Wildman–Crippen LogP) is 3.98. The van der Waals surface area contributed by atoms with Crippen LogP contribution in [0.4, 0.5) is 0 Å². The largest absolute Gasteiger partial charge is 0.497 e. The maximum absolute atomic E-state index is 14.1. The summed E-state index contributed by atoms with van der Waals surface area (Å²) in [6, 6.07) is 17.8. The van der Waals surface area contributed by atoms with E-state index >= 15 is 0 Å². The Balaban J connectivity index is 1.54. The quantitative estimate of drug-likeness (QED) is 0.243. The minimum atomic E-state index is -3.90. The molecule has 0 unspecified atom stereocenters. The summed E-state index contributed by atoms with van der Waals surface area (Å²) in [5.41, 5.74) is 1.68. The number of amides is 1. The number of Topliss-reactive ketones (excluding diaryl/α,β-unsaturated/α-hetero) is 1. The van der Waals surface area contributed by atoms with E-state index in [1.165, 1.54) is 16.9 Å². The van der Waals surface area contributed by atoms with Crippen LogP contribution in [0.2, 0.25) is 0 Å². The Labute approximate surface area is 252 Å². The minimum absolute atomic E-state index is 0.0339. The second-order valence-corrected chi connectivity index (χ2v) is 13.8. The van der Waals surface area contributed by atoms with E-state index in [4.69, 9.17) is 4.74 Å². The van der Waals surface area contributed by atoms with Crippen LogP contribution in [0.25, 0.3) is 0 Å². The highest BCUT2D eigenvalue weighted by Gasteiger charge is 2.53. The van der Waals surface area contributed by atoms with Crippen molar-refractivity contribution in [3.8, 4) is 5.75 Å². The van der Waals surface area contributed by atoms with Crippen LogP contribution in [0.1, 0.15) is 57.7 Å². The summed E-state index contributed by atoms with van der Waals surface area (Å²) in [7, 11) is -2.28. The third kappa shape index (κ3) is 7.44. The van der Waals surface area contributed by atoms with Gasteiger partial charge in [0.15, 0.2) is 5.78 Å².